The smallest absolute Gasteiger partial charge is 0.270 e. The molecule has 9 heteroatoms. The summed E-state index contributed by atoms with van der Waals surface area (Å²) < 4.78 is 27.1. The molecule has 0 bridgehead atoms. The number of hydrogen-bond acceptors (Lipinski definition) is 5. The largest absolute Gasteiger partial charge is 0.324 e. The third kappa shape index (κ3) is 4.91. The van der Waals surface area contributed by atoms with E-state index in [4.69, 9.17) is 5.73 Å². The lowest BCUT2D eigenvalue weighted by molar-refractivity contribution is -0.385. The highest BCUT2D eigenvalue weighted by atomic mass is 35.5. The summed E-state index contributed by atoms with van der Waals surface area (Å²) in [6.07, 6.45) is 1.25. The fraction of sp³-hybridized carbons (Fsp3) is 0.538. The highest BCUT2D eigenvalue weighted by Gasteiger charge is 2.26. The number of sulfonamides is 1. The molecule has 0 spiro atoms. The quantitative estimate of drug-likeness (QED) is 0.576. The predicted octanol–water partition coefficient (Wildman–Crippen LogP) is 2.12. The lowest BCUT2D eigenvalue weighted by Gasteiger charge is -2.26. The molecule has 0 radical (unpaired) electrons. The number of halogens is 1. The van der Waals surface area contributed by atoms with Crippen molar-refractivity contribution in [2.24, 2.45) is 5.73 Å². The van der Waals surface area contributed by atoms with Gasteiger partial charge in [0.1, 0.15) is 0 Å². The van der Waals surface area contributed by atoms with Crippen LogP contribution in [0.1, 0.15) is 32.3 Å². The second-order valence-electron chi connectivity index (χ2n) is 5.10. The molecular weight excluding hydrogens is 330 g/mol. The number of nitrogens with zero attached hydrogens (tertiary/aromatic N) is 1. The Morgan fingerprint density at radius 2 is 1.86 bits per heavy atom. The van der Waals surface area contributed by atoms with Crippen molar-refractivity contribution < 1.29 is 13.3 Å². The minimum atomic E-state index is -3.83. The van der Waals surface area contributed by atoms with Crippen LogP contribution in [0.2, 0.25) is 0 Å². The monoisotopic (exact) mass is 351 g/mol. The maximum Gasteiger partial charge on any atom is 0.270 e. The first kappa shape index (κ1) is 20.8. The van der Waals surface area contributed by atoms with Crippen LogP contribution in [0.5, 0.6) is 0 Å². The Bertz CT molecular complexity index is 630. The van der Waals surface area contributed by atoms with Gasteiger partial charge in [-0.1, -0.05) is 19.9 Å². The van der Waals surface area contributed by atoms with Crippen molar-refractivity contribution in [3.63, 3.8) is 0 Å². The van der Waals surface area contributed by atoms with Gasteiger partial charge in [-0.05, 0) is 25.3 Å². The number of hydrogen-bond donors (Lipinski definition) is 2. The van der Waals surface area contributed by atoms with Gasteiger partial charge in [0.05, 0.1) is 9.82 Å². The summed E-state index contributed by atoms with van der Waals surface area (Å²) in [5.41, 5.74) is 5.63. The molecule has 0 unspecified atom stereocenters. The van der Waals surface area contributed by atoms with E-state index in [0.29, 0.717) is 18.4 Å². The van der Waals surface area contributed by atoms with E-state index in [1.807, 2.05) is 13.8 Å². The average molecular weight is 352 g/mol. The standard InChI is InChI=1S/C13H21N3O4S.ClH/c1-4-13(14,5-2)9-15-21(19,20)12-8-11(16(17)18)7-6-10(12)3;/h6-8,15H,4-5,9,14H2,1-3H3;1H. The lowest BCUT2D eigenvalue weighted by Crippen LogP contribution is -2.49. The van der Waals surface area contributed by atoms with Crippen LogP contribution in [0.3, 0.4) is 0 Å². The summed E-state index contributed by atoms with van der Waals surface area (Å²) in [7, 11) is -3.83. The number of nitro groups is 1. The van der Waals surface area contributed by atoms with Crippen LogP contribution in [-0.4, -0.2) is 25.4 Å². The number of non-ortho nitro benzene ring substituents is 1. The Morgan fingerprint density at radius 1 is 1.32 bits per heavy atom. The van der Waals surface area contributed by atoms with Crippen LogP contribution in [-0.2, 0) is 10.0 Å². The van der Waals surface area contributed by atoms with Crippen LogP contribution >= 0.6 is 12.4 Å². The van der Waals surface area contributed by atoms with Crippen LogP contribution < -0.4 is 10.5 Å². The average Bonchev–Trinajstić information content (AvgIpc) is 2.45. The van der Waals surface area contributed by atoms with Crippen molar-refractivity contribution in [3.05, 3.63) is 33.9 Å². The summed E-state index contributed by atoms with van der Waals surface area (Å²) in [6.45, 7) is 5.45. The van der Waals surface area contributed by atoms with Gasteiger partial charge < -0.3 is 5.73 Å². The van der Waals surface area contributed by atoms with E-state index in [2.05, 4.69) is 4.72 Å². The second kappa shape index (κ2) is 7.87. The van der Waals surface area contributed by atoms with Crippen LogP contribution in [0.25, 0.3) is 0 Å². The van der Waals surface area contributed by atoms with E-state index in [0.717, 1.165) is 6.07 Å². The molecule has 1 aromatic rings. The topological polar surface area (TPSA) is 115 Å². The maximum absolute atomic E-state index is 12.3. The lowest BCUT2D eigenvalue weighted by atomic mass is 9.95. The number of benzene rings is 1. The third-order valence-electron chi connectivity index (χ3n) is 3.69. The Hall–Kier alpha value is -1.22. The summed E-state index contributed by atoms with van der Waals surface area (Å²) >= 11 is 0. The molecule has 0 fully saturated rings. The fourth-order valence-corrected chi connectivity index (χ4v) is 3.21. The van der Waals surface area contributed by atoms with Crippen molar-refractivity contribution >= 4 is 28.1 Å². The van der Waals surface area contributed by atoms with E-state index in [9.17, 15) is 18.5 Å². The summed E-state index contributed by atoms with van der Waals surface area (Å²) in [4.78, 5) is 10.1. The fourth-order valence-electron chi connectivity index (χ4n) is 1.81. The van der Waals surface area contributed by atoms with E-state index >= 15 is 0 Å². The molecule has 126 valence electrons. The molecule has 0 heterocycles. The normalized spacial score (nSPS) is 11.8. The molecule has 0 aliphatic rings. The number of nitro benzene ring substituents is 1. The molecule has 7 nitrogen and oxygen atoms in total. The molecule has 0 saturated heterocycles. The summed E-state index contributed by atoms with van der Waals surface area (Å²) in [5.74, 6) is 0. The Morgan fingerprint density at radius 3 is 2.32 bits per heavy atom. The van der Waals surface area contributed by atoms with Gasteiger partial charge in [0.25, 0.3) is 5.69 Å². The van der Waals surface area contributed by atoms with Gasteiger partial charge in [-0.25, -0.2) is 13.1 Å². The van der Waals surface area contributed by atoms with Crippen molar-refractivity contribution in [2.45, 2.75) is 44.0 Å². The van der Waals surface area contributed by atoms with Crippen molar-refractivity contribution in [1.29, 1.82) is 0 Å². The Kier molecular flexibility index (Phi) is 7.43. The molecule has 1 aromatic carbocycles. The number of nitrogens with one attached hydrogen (secondary N) is 1. The molecule has 22 heavy (non-hydrogen) atoms. The first-order chi connectivity index (χ1) is 9.65. The molecular formula is C13H22ClN3O4S. The predicted molar refractivity (Wildman–Crippen MR) is 87.8 cm³/mol. The molecule has 0 aromatic heterocycles. The van der Waals surface area contributed by atoms with E-state index in [1.54, 1.807) is 6.92 Å². The van der Waals surface area contributed by atoms with Gasteiger partial charge in [-0.3, -0.25) is 10.1 Å². The van der Waals surface area contributed by atoms with Crippen LogP contribution in [0.15, 0.2) is 23.1 Å². The maximum atomic E-state index is 12.3. The highest BCUT2D eigenvalue weighted by molar-refractivity contribution is 7.89. The van der Waals surface area contributed by atoms with Gasteiger partial charge in [0.2, 0.25) is 10.0 Å². The zero-order chi connectivity index (χ0) is 16.3. The van der Waals surface area contributed by atoms with Crippen molar-refractivity contribution in [2.75, 3.05) is 6.54 Å². The number of nitrogens with two attached hydrogens (primary N) is 1. The Labute approximate surface area is 136 Å². The van der Waals surface area contributed by atoms with Gasteiger partial charge in [0.15, 0.2) is 0 Å². The SMILES string of the molecule is CCC(N)(CC)CNS(=O)(=O)c1cc([N+](=O)[O-])ccc1C.Cl. The molecule has 0 aliphatic heterocycles. The van der Waals surface area contributed by atoms with Crippen molar-refractivity contribution in [1.82, 2.24) is 4.72 Å². The molecule has 0 atom stereocenters. The van der Waals surface area contributed by atoms with E-state index in [-0.39, 0.29) is 29.5 Å². The zero-order valence-electron chi connectivity index (χ0n) is 12.8. The molecule has 0 saturated carbocycles. The van der Waals surface area contributed by atoms with Crippen LogP contribution in [0.4, 0.5) is 5.69 Å². The highest BCUT2D eigenvalue weighted by Crippen LogP contribution is 2.22. The van der Waals surface area contributed by atoms with Gasteiger partial charge in [0, 0.05) is 24.2 Å². The molecule has 0 aliphatic carbocycles. The minimum absolute atomic E-state index is 0. The van der Waals surface area contributed by atoms with Gasteiger partial charge in [-0.2, -0.15) is 0 Å². The molecule has 1 rings (SSSR count). The van der Waals surface area contributed by atoms with Crippen molar-refractivity contribution in [3.8, 4) is 0 Å². The number of aryl methyl sites for hydroxylation is 1. The summed E-state index contributed by atoms with van der Waals surface area (Å²) in [5, 5.41) is 10.8. The van der Waals surface area contributed by atoms with Gasteiger partial charge in [-0.15, -0.1) is 12.4 Å². The van der Waals surface area contributed by atoms with Crippen LogP contribution in [0, 0.1) is 17.0 Å². The van der Waals surface area contributed by atoms with E-state index in [1.165, 1.54) is 12.1 Å². The first-order valence-electron chi connectivity index (χ1n) is 6.69. The Balaban J connectivity index is 0.00000441. The molecule has 3 N–H and O–H groups in total. The first-order valence-corrected chi connectivity index (χ1v) is 8.17. The third-order valence-corrected chi connectivity index (χ3v) is 5.24. The minimum Gasteiger partial charge on any atom is -0.324 e. The second-order valence-corrected chi connectivity index (χ2v) is 6.84. The van der Waals surface area contributed by atoms with Gasteiger partial charge >= 0.3 is 0 Å². The number of rotatable bonds is 7. The van der Waals surface area contributed by atoms with E-state index < -0.39 is 20.5 Å². The summed E-state index contributed by atoms with van der Waals surface area (Å²) in [6, 6.07) is 3.76. The molecule has 0 amide bonds. The zero-order valence-corrected chi connectivity index (χ0v) is 14.5.